The first-order valence-corrected chi connectivity index (χ1v) is 6.33. The molecule has 0 aliphatic heterocycles. The first-order valence-electron chi connectivity index (χ1n) is 6.33. The number of hydrogen-bond donors (Lipinski definition) is 2. The van der Waals surface area contributed by atoms with Gasteiger partial charge in [0.15, 0.2) is 0 Å². The summed E-state index contributed by atoms with van der Waals surface area (Å²) in [6.07, 6.45) is 0. The molecule has 0 aliphatic rings. The molecule has 0 radical (unpaired) electrons. The average Bonchev–Trinajstić information content (AvgIpc) is 2.43. The van der Waals surface area contributed by atoms with Gasteiger partial charge in [-0.1, -0.05) is 11.6 Å². The summed E-state index contributed by atoms with van der Waals surface area (Å²) in [5.41, 5.74) is 9.63. The van der Waals surface area contributed by atoms with E-state index in [0.29, 0.717) is 22.7 Å². The summed E-state index contributed by atoms with van der Waals surface area (Å²) in [5.74, 6) is 0.356. The number of amides is 1. The molecule has 0 unspecified atom stereocenters. The minimum atomic E-state index is -0.199. The number of anilines is 2. The molecule has 0 fully saturated rings. The van der Waals surface area contributed by atoms with Gasteiger partial charge in [0.25, 0.3) is 5.91 Å². The fourth-order valence-electron chi connectivity index (χ4n) is 1.95. The van der Waals surface area contributed by atoms with Crippen molar-refractivity contribution in [3.05, 3.63) is 53.1 Å². The summed E-state index contributed by atoms with van der Waals surface area (Å²) in [7, 11) is 1.55. The molecule has 2 aromatic carbocycles. The quantitative estimate of drug-likeness (QED) is 0.842. The molecule has 104 valence electrons. The van der Waals surface area contributed by atoms with Crippen LogP contribution in [0, 0.1) is 13.8 Å². The summed E-state index contributed by atoms with van der Waals surface area (Å²) in [5, 5.41) is 2.85. The van der Waals surface area contributed by atoms with Crippen molar-refractivity contribution < 1.29 is 9.53 Å². The van der Waals surface area contributed by atoms with E-state index in [-0.39, 0.29) is 5.91 Å². The minimum Gasteiger partial charge on any atom is -0.496 e. The molecule has 0 heterocycles. The summed E-state index contributed by atoms with van der Waals surface area (Å²) >= 11 is 0. The predicted molar refractivity (Wildman–Crippen MR) is 81.3 cm³/mol. The second-order valence-electron chi connectivity index (χ2n) is 4.73. The van der Waals surface area contributed by atoms with Crippen LogP contribution < -0.4 is 15.8 Å². The lowest BCUT2D eigenvalue weighted by Gasteiger charge is -2.11. The number of ether oxygens (including phenoxy) is 1. The Morgan fingerprint density at radius 1 is 1.15 bits per heavy atom. The molecule has 4 nitrogen and oxygen atoms in total. The van der Waals surface area contributed by atoms with E-state index in [4.69, 9.17) is 10.5 Å². The van der Waals surface area contributed by atoms with E-state index in [1.54, 1.807) is 31.4 Å². The number of nitrogens with two attached hydrogens (primary N) is 1. The highest BCUT2D eigenvalue weighted by Gasteiger charge is 2.12. The number of aryl methyl sites for hydroxylation is 2. The van der Waals surface area contributed by atoms with Gasteiger partial charge in [-0.25, -0.2) is 0 Å². The molecule has 2 aromatic rings. The largest absolute Gasteiger partial charge is 0.496 e. The van der Waals surface area contributed by atoms with E-state index in [1.807, 2.05) is 26.0 Å². The Morgan fingerprint density at radius 3 is 2.55 bits per heavy atom. The zero-order valence-corrected chi connectivity index (χ0v) is 11.9. The number of nitrogens with one attached hydrogen (secondary N) is 1. The van der Waals surface area contributed by atoms with E-state index in [1.165, 1.54) is 0 Å². The van der Waals surface area contributed by atoms with Gasteiger partial charge in [-0.2, -0.15) is 0 Å². The van der Waals surface area contributed by atoms with Crippen LogP contribution in [0.5, 0.6) is 5.75 Å². The molecule has 20 heavy (non-hydrogen) atoms. The van der Waals surface area contributed by atoms with Crippen molar-refractivity contribution >= 4 is 17.3 Å². The van der Waals surface area contributed by atoms with Gasteiger partial charge in [-0.05, 0) is 49.7 Å². The molecule has 0 saturated heterocycles. The highest BCUT2D eigenvalue weighted by atomic mass is 16.5. The van der Waals surface area contributed by atoms with Crippen LogP contribution >= 0.6 is 0 Å². The third kappa shape index (κ3) is 2.91. The molecule has 3 N–H and O–H groups in total. The second kappa shape index (κ2) is 5.65. The molecular weight excluding hydrogens is 252 g/mol. The van der Waals surface area contributed by atoms with Crippen LogP contribution in [0.1, 0.15) is 21.5 Å². The lowest BCUT2D eigenvalue weighted by atomic mass is 10.1. The smallest absolute Gasteiger partial charge is 0.259 e. The van der Waals surface area contributed by atoms with Crippen molar-refractivity contribution in [2.75, 3.05) is 18.2 Å². The molecule has 0 saturated carbocycles. The van der Waals surface area contributed by atoms with Crippen molar-refractivity contribution in [3.8, 4) is 5.75 Å². The minimum absolute atomic E-state index is 0.199. The normalized spacial score (nSPS) is 10.2. The topological polar surface area (TPSA) is 64.3 Å². The van der Waals surface area contributed by atoms with Crippen LogP contribution in [-0.2, 0) is 0 Å². The maximum atomic E-state index is 12.3. The van der Waals surface area contributed by atoms with Gasteiger partial charge in [0, 0.05) is 11.4 Å². The summed E-state index contributed by atoms with van der Waals surface area (Å²) in [6.45, 7) is 3.84. The Balaban J connectivity index is 2.27. The summed E-state index contributed by atoms with van der Waals surface area (Å²) < 4.78 is 5.22. The number of hydrogen-bond acceptors (Lipinski definition) is 3. The van der Waals surface area contributed by atoms with Crippen molar-refractivity contribution in [3.63, 3.8) is 0 Å². The van der Waals surface area contributed by atoms with E-state index in [2.05, 4.69) is 5.32 Å². The van der Waals surface area contributed by atoms with Gasteiger partial charge in [0.1, 0.15) is 5.75 Å². The lowest BCUT2D eigenvalue weighted by molar-refractivity contribution is 0.102. The van der Waals surface area contributed by atoms with Gasteiger partial charge in [-0.3, -0.25) is 4.79 Å². The Bertz CT molecular complexity index is 651. The third-order valence-corrected chi connectivity index (χ3v) is 3.13. The van der Waals surface area contributed by atoms with Gasteiger partial charge in [-0.15, -0.1) is 0 Å². The maximum Gasteiger partial charge on any atom is 0.259 e. The number of methoxy groups -OCH3 is 1. The second-order valence-corrected chi connectivity index (χ2v) is 4.73. The van der Waals surface area contributed by atoms with E-state index in [0.717, 1.165) is 11.1 Å². The summed E-state index contributed by atoms with van der Waals surface area (Å²) in [6, 6.07) is 10.9. The third-order valence-electron chi connectivity index (χ3n) is 3.13. The Kier molecular flexibility index (Phi) is 3.94. The number of carbonyl (C=O) groups is 1. The standard InChI is InChI=1S/C16H18N2O2/c1-10-4-7-15(20-3)13(8-10)16(19)18-12-5-6-14(17)11(2)9-12/h4-9H,17H2,1-3H3,(H,18,19). The number of benzene rings is 2. The fourth-order valence-corrected chi connectivity index (χ4v) is 1.95. The molecule has 1 amide bonds. The Morgan fingerprint density at radius 2 is 1.90 bits per heavy atom. The molecule has 0 bridgehead atoms. The highest BCUT2D eigenvalue weighted by Crippen LogP contribution is 2.22. The molecule has 0 spiro atoms. The fraction of sp³-hybridized carbons (Fsp3) is 0.188. The summed E-state index contributed by atoms with van der Waals surface area (Å²) in [4.78, 5) is 12.3. The molecule has 2 rings (SSSR count). The zero-order chi connectivity index (χ0) is 14.7. The van der Waals surface area contributed by atoms with E-state index < -0.39 is 0 Å². The highest BCUT2D eigenvalue weighted by molar-refractivity contribution is 6.06. The van der Waals surface area contributed by atoms with E-state index in [9.17, 15) is 4.79 Å². The van der Waals surface area contributed by atoms with Crippen LogP contribution in [0.4, 0.5) is 11.4 Å². The van der Waals surface area contributed by atoms with Crippen molar-refractivity contribution in [1.82, 2.24) is 0 Å². The molecular formula is C16H18N2O2. The number of nitrogen functional groups attached to an aromatic ring is 1. The Labute approximate surface area is 118 Å². The number of carbonyl (C=O) groups excluding carboxylic acids is 1. The van der Waals surface area contributed by atoms with Crippen molar-refractivity contribution in [1.29, 1.82) is 0 Å². The first kappa shape index (κ1) is 13.9. The monoisotopic (exact) mass is 270 g/mol. The van der Waals surface area contributed by atoms with Crippen LogP contribution in [-0.4, -0.2) is 13.0 Å². The van der Waals surface area contributed by atoms with Crippen LogP contribution in [0.25, 0.3) is 0 Å². The van der Waals surface area contributed by atoms with Gasteiger partial charge >= 0.3 is 0 Å². The average molecular weight is 270 g/mol. The van der Waals surface area contributed by atoms with Crippen molar-refractivity contribution in [2.24, 2.45) is 0 Å². The van der Waals surface area contributed by atoms with Crippen LogP contribution in [0.3, 0.4) is 0 Å². The predicted octanol–water partition coefficient (Wildman–Crippen LogP) is 3.15. The van der Waals surface area contributed by atoms with E-state index >= 15 is 0 Å². The SMILES string of the molecule is COc1ccc(C)cc1C(=O)Nc1ccc(N)c(C)c1. The molecule has 0 aromatic heterocycles. The van der Waals surface area contributed by atoms with Gasteiger partial charge in [0.2, 0.25) is 0 Å². The first-order chi connectivity index (χ1) is 9.51. The number of rotatable bonds is 3. The maximum absolute atomic E-state index is 12.3. The zero-order valence-electron chi connectivity index (χ0n) is 11.9. The Hall–Kier alpha value is -2.49. The van der Waals surface area contributed by atoms with Gasteiger partial charge < -0.3 is 15.8 Å². The van der Waals surface area contributed by atoms with Gasteiger partial charge in [0.05, 0.1) is 12.7 Å². The lowest BCUT2D eigenvalue weighted by Crippen LogP contribution is -2.13. The van der Waals surface area contributed by atoms with Crippen molar-refractivity contribution in [2.45, 2.75) is 13.8 Å². The molecule has 0 aliphatic carbocycles. The molecule has 0 atom stereocenters. The van der Waals surface area contributed by atoms with Crippen LogP contribution in [0.15, 0.2) is 36.4 Å². The molecule has 4 heteroatoms. The van der Waals surface area contributed by atoms with Crippen LogP contribution in [0.2, 0.25) is 0 Å².